The molecule has 0 saturated carbocycles. The van der Waals surface area contributed by atoms with Crippen LogP contribution in [0.2, 0.25) is 20.1 Å². The number of hydrogen-bond acceptors (Lipinski definition) is 3. The van der Waals surface area contributed by atoms with Crippen molar-refractivity contribution in [3.8, 4) is 0 Å². The van der Waals surface area contributed by atoms with Crippen LogP contribution in [0.25, 0.3) is 0 Å². The summed E-state index contributed by atoms with van der Waals surface area (Å²) in [6.07, 6.45) is -1.32. The highest BCUT2D eigenvalue weighted by atomic mass is 35.5. The van der Waals surface area contributed by atoms with Gasteiger partial charge < -0.3 is 5.32 Å². The number of carbonyl (C=O) groups is 1. The molecule has 0 aliphatic carbocycles. The van der Waals surface area contributed by atoms with Gasteiger partial charge in [-0.05, 0) is 24.6 Å². The van der Waals surface area contributed by atoms with Gasteiger partial charge in [-0.3, -0.25) is 14.2 Å². The van der Waals surface area contributed by atoms with E-state index >= 15 is 0 Å². The number of anilines is 1. The Balaban J connectivity index is 1.71. The van der Waals surface area contributed by atoms with Crippen molar-refractivity contribution >= 4 is 58.1 Å². The molecule has 12 heteroatoms. The number of rotatable bonds is 6. The molecule has 0 atom stereocenters. The molecule has 0 aliphatic rings. The Bertz CT molecular complexity index is 1070. The smallest absolute Gasteiger partial charge is 0.283 e. The van der Waals surface area contributed by atoms with Gasteiger partial charge >= 0.3 is 0 Å². The molecule has 1 N–H and O–H groups in total. The lowest BCUT2D eigenvalue weighted by Gasteiger charge is -2.06. The number of alkyl halides is 2. The maximum absolute atomic E-state index is 12.9. The predicted molar refractivity (Wildman–Crippen MR) is 108 cm³/mol. The third-order valence-corrected chi connectivity index (χ3v) is 5.31. The van der Waals surface area contributed by atoms with Gasteiger partial charge in [0.2, 0.25) is 5.91 Å². The standard InChI is InChI=1S/C17H13Cl4F2N5O/c1-8-14(21)15(16(22)23)25-28(8)7-13(29)24-17-12(20)6-27(26-17)5-9-2-3-10(18)4-11(9)19/h2-4,6,16H,5,7H2,1H3,(H,24,26,29). The fourth-order valence-corrected chi connectivity index (χ4v) is 3.42. The zero-order valence-corrected chi connectivity index (χ0v) is 17.8. The zero-order valence-electron chi connectivity index (χ0n) is 14.8. The second-order valence-electron chi connectivity index (χ2n) is 6.05. The summed E-state index contributed by atoms with van der Waals surface area (Å²) < 4.78 is 28.4. The van der Waals surface area contributed by atoms with Gasteiger partial charge in [-0.2, -0.15) is 10.2 Å². The lowest BCUT2D eigenvalue weighted by atomic mass is 10.2. The fourth-order valence-electron chi connectivity index (χ4n) is 2.54. The molecule has 0 radical (unpaired) electrons. The summed E-state index contributed by atoms with van der Waals surface area (Å²) in [5, 5.41) is 11.4. The van der Waals surface area contributed by atoms with Crippen LogP contribution in [0.5, 0.6) is 0 Å². The summed E-state index contributed by atoms with van der Waals surface area (Å²) in [5.41, 5.74) is 0.444. The molecule has 6 nitrogen and oxygen atoms in total. The number of nitrogens with one attached hydrogen (secondary N) is 1. The Hall–Kier alpha value is -1.87. The van der Waals surface area contributed by atoms with Crippen LogP contribution in [-0.2, 0) is 17.9 Å². The van der Waals surface area contributed by atoms with E-state index in [-0.39, 0.29) is 28.1 Å². The minimum atomic E-state index is -2.84. The minimum absolute atomic E-state index is 0.117. The molecule has 0 spiro atoms. The molecule has 29 heavy (non-hydrogen) atoms. The van der Waals surface area contributed by atoms with Gasteiger partial charge in [-0.1, -0.05) is 52.5 Å². The Kier molecular flexibility index (Phi) is 6.68. The van der Waals surface area contributed by atoms with Gasteiger partial charge in [0.25, 0.3) is 6.43 Å². The SMILES string of the molecule is Cc1c(Cl)c(C(F)F)nn1CC(=O)Nc1nn(Cc2ccc(Cl)cc2Cl)cc1Cl. The van der Waals surface area contributed by atoms with Gasteiger partial charge in [-0.15, -0.1) is 0 Å². The summed E-state index contributed by atoms with van der Waals surface area (Å²) in [6.45, 7) is 1.47. The van der Waals surface area contributed by atoms with Crippen LogP contribution in [-0.4, -0.2) is 25.5 Å². The third-order valence-electron chi connectivity index (χ3n) is 3.98. The average molecular weight is 483 g/mol. The van der Waals surface area contributed by atoms with Crippen molar-refractivity contribution in [1.82, 2.24) is 19.6 Å². The van der Waals surface area contributed by atoms with E-state index in [1.807, 2.05) is 0 Å². The molecule has 3 aromatic rings. The van der Waals surface area contributed by atoms with Crippen molar-refractivity contribution < 1.29 is 13.6 Å². The molecular weight excluding hydrogens is 470 g/mol. The molecule has 154 valence electrons. The number of aromatic nitrogens is 4. The number of hydrogen-bond donors (Lipinski definition) is 1. The molecule has 1 amide bonds. The first-order valence-electron chi connectivity index (χ1n) is 8.13. The molecule has 1 aromatic carbocycles. The maximum atomic E-state index is 12.9. The molecule has 2 aromatic heterocycles. The van der Waals surface area contributed by atoms with E-state index < -0.39 is 18.0 Å². The van der Waals surface area contributed by atoms with E-state index in [1.54, 1.807) is 18.2 Å². The van der Waals surface area contributed by atoms with E-state index in [9.17, 15) is 13.6 Å². The zero-order chi connectivity index (χ0) is 21.3. The van der Waals surface area contributed by atoms with Crippen LogP contribution < -0.4 is 5.32 Å². The lowest BCUT2D eigenvalue weighted by Crippen LogP contribution is -2.21. The Morgan fingerprint density at radius 2 is 1.90 bits per heavy atom. The van der Waals surface area contributed by atoms with E-state index in [0.29, 0.717) is 16.6 Å². The van der Waals surface area contributed by atoms with Gasteiger partial charge in [0.15, 0.2) is 5.82 Å². The number of benzene rings is 1. The van der Waals surface area contributed by atoms with Crippen LogP contribution in [0, 0.1) is 6.92 Å². The van der Waals surface area contributed by atoms with E-state index in [1.165, 1.54) is 17.8 Å². The van der Waals surface area contributed by atoms with Crippen molar-refractivity contribution in [2.45, 2.75) is 26.4 Å². The van der Waals surface area contributed by atoms with Crippen molar-refractivity contribution in [2.24, 2.45) is 0 Å². The molecular formula is C17H13Cl4F2N5O. The van der Waals surface area contributed by atoms with Crippen molar-refractivity contribution in [3.63, 3.8) is 0 Å². The fraction of sp³-hybridized carbons (Fsp3) is 0.235. The highest BCUT2D eigenvalue weighted by Gasteiger charge is 2.22. The van der Waals surface area contributed by atoms with Crippen molar-refractivity contribution in [3.05, 3.63) is 61.4 Å². The summed E-state index contributed by atoms with van der Waals surface area (Å²) in [6, 6.07) is 5.06. The topological polar surface area (TPSA) is 64.7 Å². The number of carbonyl (C=O) groups excluding carboxylic acids is 1. The highest BCUT2D eigenvalue weighted by molar-refractivity contribution is 6.35. The number of amides is 1. The molecule has 0 saturated heterocycles. The highest BCUT2D eigenvalue weighted by Crippen LogP contribution is 2.29. The van der Waals surface area contributed by atoms with Gasteiger partial charge in [0.1, 0.15) is 17.3 Å². The van der Waals surface area contributed by atoms with Crippen LogP contribution in [0.4, 0.5) is 14.6 Å². The summed E-state index contributed by atoms with van der Waals surface area (Å²) >= 11 is 24.0. The molecule has 0 aliphatic heterocycles. The van der Waals surface area contributed by atoms with Crippen LogP contribution >= 0.6 is 46.4 Å². The Morgan fingerprint density at radius 1 is 1.17 bits per heavy atom. The molecule has 3 rings (SSSR count). The summed E-state index contributed by atoms with van der Waals surface area (Å²) in [7, 11) is 0. The molecule has 0 unspecified atom stereocenters. The average Bonchev–Trinajstić information content (AvgIpc) is 3.11. The van der Waals surface area contributed by atoms with Gasteiger partial charge in [-0.25, -0.2) is 8.78 Å². The van der Waals surface area contributed by atoms with E-state index in [4.69, 9.17) is 46.4 Å². The number of nitrogens with zero attached hydrogens (tertiary/aromatic N) is 4. The number of halogens is 6. The normalized spacial score (nSPS) is 11.3. The Morgan fingerprint density at radius 3 is 2.52 bits per heavy atom. The largest absolute Gasteiger partial charge is 0.306 e. The molecule has 0 fully saturated rings. The maximum Gasteiger partial charge on any atom is 0.283 e. The summed E-state index contributed by atoms with van der Waals surface area (Å²) in [5.74, 6) is -0.434. The molecule has 2 heterocycles. The quantitative estimate of drug-likeness (QED) is 0.495. The first-order chi connectivity index (χ1) is 13.7. The second kappa shape index (κ2) is 8.87. The van der Waals surface area contributed by atoms with Crippen LogP contribution in [0.15, 0.2) is 24.4 Å². The summed E-state index contributed by atoms with van der Waals surface area (Å²) in [4.78, 5) is 12.3. The minimum Gasteiger partial charge on any atom is -0.306 e. The van der Waals surface area contributed by atoms with Crippen LogP contribution in [0.3, 0.4) is 0 Å². The van der Waals surface area contributed by atoms with E-state index in [0.717, 1.165) is 10.2 Å². The Labute approximate surface area is 184 Å². The first-order valence-corrected chi connectivity index (χ1v) is 9.64. The molecule has 0 bridgehead atoms. The lowest BCUT2D eigenvalue weighted by molar-refractivity contribution is -0.117. The first kappa shape index (κ1) is 21.8. The van der Waals surface area contributed by atoms with Gasteiger partial charge in [0, 0.05) is 16.2 Å². The monoisotopic (exact) mass is 481 g/mol. The van der Waals surface area contributed by atoms with Crippen LogP contribution in [0.1, 0.15) is 23.4 Å². The third kappa shape index (κ3) is 5.01. The predicted octanol–water partition coefficient (Wildman–Crippen LogP) is 5.63. The van der Waals surface area contributed by atoms with Gasteiger partial charge in [0.05, 0.1) is 17.3 Å². The van der Waals surface area contributed by atoms with Crippen molar-refractivity contribution in [2.75, 3.05) is 5.32 Å². The second-order valence-corrected chi connectivity index (χ2v) is 7.68. The van der Waals surface area contributed by atoms with Crippen molar-refractivity contribution in [1.29, 1.82) is 0 Å². The van der Waals surface area contributed by atoms with E-state index in [2.05, 4.69) is 15.5 Å².